The van der Waals surface area contributed by atoms with Gasteiger partial charge in [-0.3, -0.25) is 0 Å². The molecule has 0 bridgehead atoms. The van der Waals surface area contributed by atoms with Gasteiger partial charge in [-0.25, -0.2) is 8.78 Å². The minimum atomic E-state index is -1.77. The Morgan fingerprint density at radius 2 is 2.36 bits per heavy atom. The maximum absolute atomic E-state index is 13.4. The molecule has 0 amide bonds. The van der Waals surface area contributed by atoms with E-state index in [4.69, 9.17) is 4.74 Å². The molecule has 0 spiro atoms. The smallest absolute Gasteiger partial charge is 0.157 e. The largest absolute Gasteiger partial charge is 0.381 e. The lowest BCUT2D eigenvalue weighted by molar-refractivity contribution is -0.0384. The van der Waals surface area contributed by atoms with Crippen LogP contribution in [0.2, 0.25) is 0 Å². The second kappa shape index (κ2) is 4.42. The lowest BCUT2D eigenvalue weighted by atomic mass is 9.93. The molecular weight excluding hydrogens is 210 g/mol. The lowest BCUT2D eigenvalue weighted by Crippen LogP contribution is -2.45. The van der Waals surface area contributed by atoms with E-state index in [1.165, 1.54) is 7.11 Å². The van der Waals surface area contributed by atoms with Gasteiger partial charge in [0.05, 0.1) is 6.61 Å². The minimum absolute atomic E-state index is 0.190. The zero-order valence-electron chi connectivity index (χ0n) is 7.96. The van der Waals surface area contributed by atoms with E-state index in [9.17, 15) is 13.9 Å². The monoisotopic (exact) mass is 222 g/mol. The van der Waals surface area contributed by atoms with Crippen LogP contribution in [0.5, 0.6) is 0 Å². The summed E-state index contributed by atoms with van der Waals surface area (Å²) in [4.78, 5) is 0.242. The van der Waals surface area contributed by atoms with E-state index in [0.29, 0.717) is 0 Å². The molecule has 2 nitrogen and oxygen atoms in total. The fourth-order valence-electron chi connectivity index (χ4n) is 1.32. The molecular formula is C9H12F2O2S. The van der Waals surface area contributed by atoms with Crippen molar-refractivity contribution in [1.29, 1.82) is 0 Å². The highest BCUT2D eigenvalue weighted by Gasteiger charge is 2.42. The molecule has 0 radical (unpaired) electrons. The van der Waals surface area contributed by atoms with Gasteiger partial charge in [0, 0.05) is 12.0 Å². The predicted molar refractivity (Wildman–Crippen MR) is 52.5 cm³/mol. The van der Waals surface area contributed by atoms with E-state index < -0.39 is 17.6 Å². The Hall–Kier alpha value is -0.390. The molecule has 0 saturated heterocycles. The van der Waals surface area contributed by atoms with Crippen LogP contribution in [0, 0.1) is 0 Å². The summed E-state index contributed by atoms with van der Waals surface area (Å²) in [5.74, 6) is -0.664. The molecule has 0 aromatic carbocycles. The molecule has 0 saturated carbocycles. The van der Waals surface area contributed by atoms with E-state index >= 15 is 0 Å². The summed E-state index contributed by atoms with van der Waals surface area (Å²) in [7, 11) is 1.36. The number of ether oxygens (including phenoxy) is 1. The molecule has 0 fully saturated rings. The summed E-state index contributed by atoms with van der Waals surface area (Å²) in [6, 6.07) is 0. The first-order chi connectivity index (χ1) is 6.54. The van der Waals surface area contributed by atoms with Crippen LogP contribution >= 0.6 is 11.8 Å². The average Bonchev–Trinajstić information content (AvgIpc) is 2.12. The van der Waals surface area contributed by atoms with Gasteiger partial charge >= 0.3 is 0 Å². The number of rotatable bonds is 3. The van der Waals surface area contributed by atoms with E-state index in [0.717, 1.165) is 23.9 Å². The first kappa shape index (κ1) is 11.7. The SMILES string of the molecule is COCC1(O)C(SC)=CC(F)=CC1F. The highest BCUT2D eigenvalue weighted by atomic mass is 32.2. The number of allylic oxidation sites excluding steroid dienone is 2. The summed E-state index contributed by atoms with van der Waals surface area (Å²) in [5.41, 5.74) is -1.75. The molecule has 0 aromatic rings. The third kappa shape index (κ3) is 1.99. The minimum Gasteiger partial charge on any atom is -0.381 e. The maximum atomic E-state index is 13.4. The van der Waals surface area contributed by atoms with E-state index in [2.05, 4.69) is 0 Å². The van der Waals surface area contributed by atoms with E-state index in [-0.39, 0.29) is 11.5 Å². The normalized spacial score (nSPS) is 32.5. The number of halogens is 2. The summed E-state index contributed by atoms with van der Waals surface area (Å²) in [6.07, 6.45) is 1.76. The molecule has 0 aliphatic heterocycles. The molecule has 1 aliphatic rings. The van der Waals surface area contributed by atoms with Gasteiger partial charge in [-0.05, 0) is 18.4 Å². The van der Waals surface area contributed by atoms with Crippen molar-refractivity contribution in [2.75, 3.05) is 20.0 Å². The van der Waals surface area contributed by atoms with Gasteiger partial charge < -0.3 is 9.84 Å². The lowest BCUT2D eigenvalue weighted by Gasteiger charge is -2.33. The average molecular weight is 222 g/mol. The molecule has 5 heteroatoms. The Morgan fingerprint density at radius 3 is 2.86 bits per heavy atom. The molecule has 1 rings (SSSR count). The Kier molecular flexibility index (Phi) is 3.69. The van der Waals surface area contributed by atoms with Crippen molar-refractivity contribution >= 4 is 11.8 Å². The van der Waals surface area contributed by atoms with E-state index in [1.54, 1.807) is 6.26 Å². The third-order valence-electron chi connectivity index (χ3n) is 2.04. The topological polar surface area (TPSA) is 29.5 Å². The van der Waals surface area contributed by atoms with Crippen molar-refractivity contribution in [3.05, 3.63) is 22.9 Å². The van der Waals surface area contributed by atoms with Crippen LogP contribution in [0.3, 0.4) is 0 Å². The van der Waals surface area contributed by atoms with Gasteiger partial charge in [0.25, 0.3) is 0 Å². The Balaban J connectivity index is 3.00. The maximum Gasteiger partial charge on any atom is 0.157 e. The summed E-state index contributed by atoms with van der Waals surface area (Å²) < 4.78 is 31.0. The zero-order chi connectivity index (χ0) is 10.8. The molecule has 80 valence electrons. The fourth-order valence-corrected chi connectivity index (χ4v) is 2.07. The van der Waals surface area contributed by atoms with E-state index in [1.807, 2.05) is 0 Å². The molecule has 2 unspecified atom stereocenters. The Morgan fingerprint density at radius 1 is 1.71 bits per heavy atom. The molecule has 2 atom stereocenters. The molecule has 1 aliphatic carbocycles. The van der Waals surface area contributed by atoms with Gasteiger partial charge in [0.2, 0.25) is 0 Å². The standard InChI is InChI=1S/C9H12F2O2S/c1-13-5-9(12)7(11)3-6(10)4-8(9)14-2/h3-4,7,12H,5H2,1-2H3. The Bertz CT molecular complexity index is 278. The van der Waals surface area contributed by atoms with Gasteiger partial charge in [-0.1, -0.05) is 0 Å². The van der Waals surface area contributed by atoms with Crippen molar-refractivity contribution in [2.45, 2.75) is 11.8 Å². The van der Waals surface area contributed by atoms with Crippen LogP contribution in [-0.4, -0.2) is 36.9 Å². The second-order valence-electron chi connectivity index (χ2n) is 3.02. The second-order valence-corrected chi connectivity index (χ2v) is 3.87. The van der Waals surface area contributed by atoms with Gasteiger partial charge in [-0.2, -0.15) is 0 Å². The quantitative estimate of drug-likeness (QED) is 0.789. The predicted octanol–water partition coefficient (Wildman–Crippen LogP) is 1.82. The van der Waals surface area contributed by atoms with Crippen LogP contribution in [0.4, 0.5) is 8.78 Å². The van der Waals surface area contributed by atoms with Crippen LogP contribution in [0.1, 0.15) is 0 Å². The Labute approximate surface area is 85.6 Å². The number of hydrogen-bond donors (Lipinski definition) is 1. The zero-order valence-corrected chi connectivity index (χ0v) is 8.78. The third-order valence-corrected chi connectivity index (χ3v) is 2.95. The van der Waals surface area contributed by atoms with Gasteiger partial charge in [0.15, 0.2) is 11.8 Å². The molecule has 0 aromatic heterocycles. The number of aliphatic hydroxyl groups is 1. The van der Waals surface area contributed by atoms with Crippen LogP contribution in [0.15, 0.2) is 22.9 Å². The summed E-state index contributed by atoms with van der Waals surface area (Å²) in [5, 5.41) is 9.92. The van der Waals surface area contributed by atoms with Crippen molar-refractivity contribution in [3.8, 4) is 0 Å². The van der Waals surface area contributed by atoms with Crippen LogP contribution in [-0.2, 0) is 4.74 Å². The first-order valence-corrected chi connectivity index (χ1v) is 5.26. The van der Waals surface area contributed by atoms with Crippen LogP contribution in [0.25, 0.3) is 0 Å². The number of methoxy groups -OCH3 is 1. The first-order valence-electron chi connectivity index (χ1n) is 4.03. The van der Waals surface area contributed by atoms with Crippen molar-refractivity contribution < 1.29 is 18.6 Å². The van der Waals surface area contributed by atoms with Crippen LogP contribution < -0.4 is 0 Å². The molecule has 1 N–H and O–H groups in total. The summed E-state index contributed by atoms with van der Waals surface area (Å²) >= 11 is 1.11. The van der Waals surface area contributed by atoms with Crippen molar-refractivity contribution in [2.24, 2.45) is 0 Å². The van der Waals surface area contributed by atoms with Gasteiger partial charge in [0.1, 0.15) is 5.83 Å². The highest BCUT2D eigenvalue weighted by molar-refractivity contribution is 8.02. The fraction of sp³-hybridized carbons (Fsp3) is 0.556. The highest BCUT2D eigenvalue weighted by Crippen LogP contribution is 2.37. The number of alkyl halides is 1. The van der Waals surface area contributed by atoms with Crippen molar-refractivity contribution in [1.82, 2.24) is 0 Å². The van der Waals surface area contributed by atoms with Gasteiger partial charge in [-0.15, -0.1) is 11.8 Å². The summed E-state index contributed by atoms with van der Waals surface area (Å²) in [6.45, 7) is -0.190. The number of hydrogen-bond acceptors (Lipinski definition) is 3. The van der Waals surface area contributed by atoms with Crippen molar-refractivity contribution in [3.63, 3.8) is 0 Å². The molecule has 0 heterocycles. The number of thioether (sulfide) groups is 1. The molecule has 14 heavy (non-hydrogen) atoms.